The van der Waals surface area contributed by atoms with Gasteiger partial charge >= 0.3 is 12.1 Å². The standard InChI is InChI=1S/C19H21F3N2O4/c1-13(18(25)26-11-10-24(2)3)27-15-5-7-16(8-6-15)28-17-9-4-14(12-23-17)19(20,21)22/h4-9,12-13H,10-11H2,1-3H3. The number of esters is 1. The predicted octanol–water partition coefficient (Wildman–Crippen LogP) is 3.76. The summed E-state index contributed by atoms with van der Waals surface area (Å²) in [7, 11) is 3.75. The van der Waals surface area contributed by atoms with E-state index in [4.69, 9.17) is 14.2 Å². The quantitative estimate of drug-likeness (QED) is 0.631. The van der Waals surface area contributed by atoms with Crippen LogP contribution in [0, 0.1) is 0 Å². The van der Waals surface area contributed by atoms with Crippen molar-refractivity contribution in [3.63, 3.8) is 0 Å². The molecule has 9 heteroatoms. The fourth-order valence-corrected chi connectivity index (χ4v) is 2.01. The first-order chi connectivity index (χ1) is 13.1. The molecule has 2 aromatic rings. The number of hydrogen-bond acceptors (Lipinski definition) is 6. The van der Waals surface area contributed by atoms with Crippen LogP contribution in [0.2, 0.25) is 0 Å². The van der Waals surface area contributed by atoms with Crippen LogP contribution in [0.4, 0.5) is 13.2 Å². The van der Waals surface area contributed by atoms with Crippen molar-refractivity contribution >= 4 is 5.97 Å². The highest BCUT2D eigenvalue weighted by Crippen LogP contribution is 2.30. The molecule has 1 atom stereocenters. The van der Waals surface area contributed by atoms with Crippen LogP contribution in [0.1, 0.15) is 12.5 Å². The van der Waals surface area contributed by atoms with Crippen LogP contribution < -0.4 is 9.47 Å². The molecule has 0 N–H and O–H groups in total. The van der Waals surface area contributed by atoms with Gasteiger partial charge < -0.3 is 19.1 Å². The molecule has 0 fully saturated rings. The van der Waals surface area contributed by atoms with Gasteiger partial charge in [-0.05, 0) is 51.4 Å². The Labute approximate surface area is 160 Å². The molecule has 28 heavy (non-hydrogen) atoms. The number of carbonyl (C=O) groups excluding carboxylic acids is 1. The van der Waals surface area contributed by atoms with Gasteiger partial charge in [0.05, 0.1) is 5.56 Å². The minimum atomic E-state index is -4.45. The second-order valence-electron chi connectivity index (χ2n) is 6.19. The molecule has 0 bridgehead atoms. The van der Waals surface area contributed by atoms with Crippen molar-refractivity contribution in [2.24, 2.45) is 0 Å². The maximum atomic E-state index is 12.5. The summed E-state index contributed by atoms with van der Waals surface area (Å²) in [5, 5.41) is 0. The SMILES string of the molecule is CC(Oc1ccc(Oc2ccc(C(F)(F)F)cn2)cc1)C(=O)OCCN(C)C. The lowest BCUT2D eigenvalue weighted by Gasteiger charge is -2.15. The minimum Gasteiger partial charge on any atom is -0.479 e. The van der Waals surface area contributed by atoms with Gasteiger partial charge in [0, 0.05) is 18.8 Å². The number of rotatable bonds is 8. The second-order valence-corrected chi connectivity index (χ2v) is 6.19. The summed E-state index contributed by atoms with van der Waals surface area (Å²) in [5.74, 6) is 0.334. The molecule has 0 saturated heterocycles. The molecule has 6 nitrogen and oxygen atoms in total. The van der Waals surface area contributed by atoms with E-state index in [2.05, 4.69) is 4.98 Å². The van der Waals surface area contributed by atoms with E-state index in [-0.39, 0.29) is 12.5 Å². The summed E-state index contributed by atoms with van der Waals surface area (Å²) >= 11 is 0. The van der Waals surface area contributed by atoms with Gasteiger partial charge in [0.2, 0.25) is 5.88 Å². The molecular formula is C19H21F3N2O4. The number of likely N-dealkylation sites (N-methyl/N-ethyl adjacent to an activating group) is 1. The van der Waals surface area contributed by atoms with Crippen molar-refractivity contribution in [1.29, 1.82) is 0 Å². The van der Waals surface area contributed by atoms with Gasteiger partial charge in [-0.25, -0.2) is 9.78 Å². The van der Waals surface area contributed by atoms with E-state index < -0.39 is 23.8 Å². The molecule has 1 heterocycles. The Bertz CT molecular complexity index is 762. The second kappa shape index (κ2) is 9.41. The Hall–Kier alpha value is -2.81. The number of pyridine rings is 1. The number of halogens is 3. The van der Waals surface area contributed by atoms with E-state index in [1.54, 1.807) is 31.2 Å². The van der Waals surface area contributed by atoms with E-state index >= 15 is 0 Å². The van der Waals surface area contributed by atoms with Crippen molar-refractivity contribution < 1.29 is 32.2 Å². The first-order valence-corrected chi connectivity index (χ1v) is 8.44. The van der Waals surface area contributed by atoms with E-state index in [1.807, 2.05) is 19.0 Å². The first-order valence-electron chi connectivity index (χ1n) is 8.44. The van der Waals surface area contributed by atoms with E-state index in [9.17, 15) is 18.0 Å². The van der Waals surface area contributed by atoms with Crippen LogP contribution in [0.5, 0.6) is 17.4 Å². The van der Waals surface area contributed by atoms with Crippen molar-refractivity contribution in [1.82, 2.24) is 9.88 Å². The summed E-state index contributed by atoms with van der Waals surface area (Å²) in [6, 6.07) is 8.28. The number of aromatic nitrogens is 1. The molecule has 0 aliphatic carbocycles. The first kappa shape index (κ1) is 21.5. The van der Waals surface area contributed by atoms with Gasteiger partial charge in [-0.1, -0.05) is 0 Å². The number of ether oxygens (including phenoxy) is 3. The zero-order valence-electron chi connectivity index (χ0n) is 15.7. The topological polar surface area (TPSA) is 60.9 Å². The lowest BCUT2D eigenvalue weighted by Crippen LogP contribution is -2.29. The van der Waals surface area contributed by atoms with Crippen molar-refractivity contribution in [3.8, 4) is 17.4 Å². The minimum absolute atomic E-state index is 0.0273. The molecule has 0 radical (unpaired) electrons. The molecule has 1 unspecified atom stereocenters. The largest absolute Gasteiger partial charge is 0.479 e. The van der Waals surface area contributed by atoms with Gasteiger partial charge in [-0.15, -0.1) is 0 Å². The Morgan fingerprint density at radius 2 is 1.75 bits per heavy atom. The molecule has 0 saturated carbocycles. The molecule has 1 aromatic heterocycles. The lowest BCUT2D eigenvalue weighted by atomic mass is 10.3. The van der Waals surface area contributed by atoms with Gasteiger partial charge in [-0.2, -0.15) is 13.2 Å². The van der Waals surface area contributed by atoms with Crippen LogP contribution in [-0.4, -0.2) is 49.2 Å². The molecule has 0 aliphatic rings. The fraction of sp³-hybridized carbons (Fsp3) is 0.368. The number of carbonyl (C=O) groups is 1. The van der Waals surface area contributed by atoms with Crippen LogP contribution >= 0.6 is 0 Å². The van der Waals surface area contributed by atoms with E-state index in [0.29, 0.717) is 24.2 Å². The Kier molecular flexibility index (Phi) is 7.22. The molecule has 0 amide bonds. The molecule has 2 rings (SSSR count). The highest BCUT2D eigenvalue weighted by molar-refractivity contribution is 5.74. The monoisotopic (exact) mass is 398 g/mol. The van der Waals surface area contributed by atoms with Crippen molar-refractivity contribution in [2.45, 2.75) is 19.2 Å². The average Bonchev–Trinajstić information content (AvgIpc) is 2.62. The van der Waals surface area contributed by atoms with Gasteiger partial charge in [0.15, 0.2) is 6.10 Å². The number of hydrogen-bond donors (Lipinski definition) is 0. The van der Waals surface area contributed by atoms with Gasteiger partial charge in [0.25, 0.3) is 0 Å². The van der Waals surface area contributed by atoms with Crippen LogP contribution in [0.3, 0.4) is 0 Å². The third-order valence-electron chi connectivity index (χ3n) is 3.54. The van der Waals surface area contributed by atoms with Crippen LogP contribution in [0.25, 0.3) is 0 Å². The lowest BCUT2D eigenvalue weighted by molar-refractivity contribution is -0.151. The summed E-state index contributed by atoms with van der Waals surface area (Å²) < 4.78 is 53.6. The highest BCUT2D eigenvalue weighted by Gasteiger charge is 2.30. The maximum absolute atomic E-state index is 12.5. The average molecular weight is 398 g/mol. The molecule has 0 aliphatic heterocycles. The molecule has 152 valence electrons. The molecule has 0 spiro atoms. The maximum Gasteiger partial charge on any atom is 0.417 e. The van der Waals surface area contributed by atoms with Crippen molar-refractivity contribution in [3.05, 3.63) is 48.2 Å². The summed E-state index contributed by atoms with van der Waals surface area (Å²) in [4.78, 5) is 17.4. The normalized spacial score (nSPS) is 12.5. The summed E-state index contributed by atoms with van der Waals surface area (Å²) in [6.45, 7) is 2.46. The number of alkyl halides is 3. The smallest absolute Gasteiger partial charge is 0.417 e. The van der Waals surface area contributed by atoms with E-state index in [1.165, 1.54) is 0 Å². The molecular weight excluding hydrogens is 377 g/mol. The van der Waals surface area contributed by atoms with Crippen LogP contribution in [-0.2, 0) is 15.7 Å². The Morgan fingerprint density at radius 1 is 1.11 bits per heavy atom. The predicted molar refractivity (Wildman–Crippen MR) is 95.4 cm³/mol. The summed E-state index contributed by atoms with van der Waals surface area (Å²) in [6.07, 6.45) is -4.53. The zero-order chi connectivity index (χ0) is 20.7. The third-order valence-corrected chi connectivity index (χ3v) is 3.54. The summed E-state index contributed by atoms with van der Waals surface area (Å²) in [5.41, 5.74) is -0.852. The highest BCUT2D eigenvalue weighted by atomic mass is 19.4. The Morgan fingerprint density at radius 3 is 2.29 bits per heavy atom. The van der Waals surface area contributed by atoms with Crippen LogP contribution in [0.15, 0.2) is 42.6 Å². The molecule has 1 aromatic carbocycles. The third kappa shape index (κ3) is 6.73. The number of benzene rings is 1. The van der Waals surface area contributed by atoms with Crippen molar-refractivity contribution in [2.75, 3.05) is 27.2 Å². The van der Waals surface area contributed by atoms with E-state index in [0.717, 1.165) is 12.1 Å². The van der Waals surface area contributed by atoms with Gasteiger partial charge in [0.1, 0.15) is 18.1 Å². The Balaban J connectivity index is 1.88. The van der Waals surface area contributed by atoms with Gasteiger partial charge in [-0.3, -0.25) is 0 Å². The number of nitrogens with zero attached hydrogens (tertiary/aromatic N) is 2. The zero-order valence-corrected chi connectivity index (χ0v) is 15.7. The fourth-order valence-electron chi connectivity index (χ4n) is 2.01.